The average Bonchev–Trinajstić information content (AvgIpc) is 2.79. The van der Waals surface area contributed by atoms with Gasteiger partial charge in [-0.25, -0.2) is 0 Å². The zero-order valence-corrected chi connectivity index (χ0v) is 14.4. The molecule has 1 N–H and O–H groups in total. The van der Waals surface area contributed by atoms with E-state index in [-0.39, 0.29) is 22.9 Å². The van der Waals surface area contributed by atoms with E-state index in [4.69, 9.17) is 10.00 Å². The zero-order chi connectivity index (χ0) is 19.7. The highest BCUT2D eigenvalue weighted by molar-refractivity contribution is 5.93. The number of nitriles is 1. The average molecular weight is 381 g/mol. The summed E-state index contributed by atoms with van der Waals surface area (Å²) >= 11 is 0. The fourth-order valence-corrected chi connectivity index (χ4v) is 3.47. The van der Waals surface area contributed by atoms with Crippen molar-refractivity contribution in [3.63, 3.8) is 0 Å². The molecule has 0 spiro atoms. The number of alkyl halides is 3. The molecule has 0 aromatic heterocycles. The first-order valence-electron chi connectivity index (χ1n) is 8.60. The monoisotopic (exact) mass is 381 g/mol. The fraction of sp³-hybridized carbons (Fsp3) is 0.500. The number of hydrazone groups is 1. The molecule has 0 saturated heterocycles. The molecule has 144 valence electrons. The van der Waals surface area contributed by atoms with E-state index in [0.717, 1.165) is 6.42 Å². The maximum Gasteiger partial charge on any atom is 0.439 e. The molecule has 0 bridgehead atoms. The highest BCUT2D eigenvalue weighted by atomic mass is 19.4. The van der Waals surface area contributed by atoms with E-state index in [1.165, 1.54) is 24.3 Å². The Hall–Kier alpha value is -2.60. The van der Waals surface area contributed by atoms with Crippen LogP contribution in [-0.4, -0.2) is 40.2 Å². The van der Waals surface area contributed by atoms with Gasteiger partial charge in [-0.1, -0.05) is 12.8 Å². The molecule has 0 radical (unpaired) electrons. The summed E-state index contributed by atoms with van der Waals surface area (Å²) in [7, 11) is 0. The van der Waals surface area contributed by atoms with Gasteiger partial charge in [-0.3, -0.25) is 4.79 Å². The molecule has 1 saturated carbocycles. The lowest BCUT2D eigenvalue weighted by Gasteiger charge is -2.37. The van der Waals surface area contributed by atoms with Gasteiger partial charge >= 0.3 is 6.18 Å². The molecule has 1 heterocycles. The van der Waals surface area contributed by atoms with Gasteiger partial charge in [0, 0.05) is 5.71 Å². The summed E-state index contributed by atoms with van der Waals surface area (Å²) in [4.78, 5) is 12.4. The predicted octanol–water partition coefficient (Wildman–Crippen LogP) is 2.97. The first-order valence-corrected chi connectivity index (χ1v) is 8.60. The van der Waals surface area contributed by atoms with E-state index >= 15 is 0 Å². The molecule has 2 aliphatic rings. The van der Waals surface area contributed by atoms with E-state index in [1.54, 1.807) is 0 Å². The Morgan fingerprint density at radius 2 is 2.04 bits per heavy atom. The molecule has 1 fully saturated rings. The second kappa shape index (κ2) is 7.19. The van der Waals surface area contributed by atoms with Crippen LogP contribution in [0.1, 0.15) is 37.7 Å². The third-order valence-corrected chi connectivity index (χ3v) is 4.86. The smallest absolute Gasteiger partial charge is 0.439 e. The van der Waals surface area contributed by atoms with Gasteiger partial charge in [-0.2, -0.15) is 28.5 Å². The first-order chi connectivity index (χ1) is 12.8. The Morgan fingerprint density at radius 3 is 2.67 bits per heavy atom. The van der Waals surface area contributed by atoms with Gasteiger partial charge in [-0.05, 0) is 43.5 Å². The maximum absolute atomic E-state index is 13.7. The van der Waals surface area contributed by atoms with Crippen LogP contribution in [0.4, 0.5) is 13.2 Å². The van der Waals surface area contributed by atoms with Crippen LogP contribution in [0.5, 0.6) is 5.75 Å². The lowest BCUT2D eigenvalue weighted by molar-refractivity contribution is -0.317. The van der Waals surface area contributed by atoms with Crippen molar-refractivity contribution in [2.75, 3.05) is 6.61 Å². The maximum atomic E-state index is 13.7. The lowest BCUT2D eigenvalue weighted by atomic mass is 9.87. The number of fused-ring (bicyclic) bond motifs is 1. The summed E-state index contributed by atoms with van der Waals surface area (Å²) in [6.45, 7) is -0.714. The molecule has 1 aromatic rings. The van der Waals surface area contributed by atoms with Crippen molar-refractivity contribution in [1.29, 1.82) is 5.26 Å². The van der Waals surface area contributed by atoms with Gasteiger partial charge in [0.15, 0.2) is 6.61 Å². The molecule has 1 aliphatic carbocycles. The van der Waals surface area contributed by atoms with E-state index in [1.807, 2.05) is 6.07 Å². The molecule has 1 aromatic carbocycles. The zero-order valence-electron chi connectivity index (χ0n) is 14.4. The number of rotatable bonds is 3. The number of nitrogens with zero attached hydrogens (tertiary/aromatic N) is 3. The molecule has 1 amide bonds. The standard InChI is InChI=1S/C18H18F3N3O3/c19-18(20,21)17(26)14-4-2-1-3-5-15(14)23-24(17)16(25)11-27-13-8-6-12(10-22)7-9-13/h6-9,14,26H,1-5,11H2/t14-,17+/m0/s1. The highest BCUT2D eigenvalue weighted by Gasteiger charge is 2.68. The number of carbonyl (C=O) groups is 1. The number of hydrogen-bond donors (Lipinski definition) is 1. The Bertz CT molecular complexity index is 786. The van der Waals surface area contributed by atoms with Crippen molar-refractivity contribution in [2.24, 2.45) is 11.0 Å². The minimum Gasteiger partial charge on any atom is -0.484 e. The molecule has 27 heavy (non-hydrogen) atoms. The molecule has 2 atom stereocenters. The highest BCUT2D eigenvalue weighted by Crippen LogP contribution is 2.47. The third kappa shape index (κ3) is 3.49. The largest absolute Gasteiger partial charge is 0.484 e. The van der Waals surface area contributed by atoms with Crippen molar-refractivity contribution in [2.45, 2.75) is 44.0 Å². The second-order valence-electron chi connectivity index (χ2n) is 6.60. The number of hydrogen-bond acceptors (Lipinski definition) is 5. The Kier molecular flexibility index (Phi) is 5.11. The van der Waals surface area contributed by atoms with Crippen LogP contribution in [-0.2, 0) is 4.79 Å². The summed E-state index contributed by atoms with van der Waals surface area (Å²) in [5.74, 6) is -2.11. The first kappa shape index (κ1) is 19.2. The number of carbonyl (C=O) groups excluding carboxylic acids is 1. The van der Waals surface area contributed by atoms with Crippen LogP contribution >= 0.6 is 0 Å². The normalized spacial score (nSPS) is 25.2. The number of benzene rings is 1. The minimum absolute atomic E-state index is 0.120. The summed E-state index contributed by atoms with van der Waals surface area (Å²) < 4.78 is 46.4. The number of ether oxygens (including phenoxy) is 1. The summed E-state index contributed by atoms with van der Waals surface area (Å²) in [5, 5.41) is 23.2. The van der Waals surface area contributed by atoms with Crippen molar-refractivity contribution in [3.05, 3.63) is 29.8 Å². The van der Waals surface area contributed by atoms with E-state index in [0.29, 0.717) is 24.8 Å². The van der Waals surface area contributed by atoms with Crippen LogP contribution in [0, 0.1) is 17.2 Å². The number of halogens is 3. The van der Waals surface area contributed by atoms with Crippen LogP contribution in [0.15, 0.2) is 29.4 Å². The second-order valence-corrected chi connectivity index (χ2v) is 6.60. The SMILES string of the molecule is N#Cc1ccc(OCC(=O)N2N=C3CCCCC[C@@H]3[C@@]2(O)C(F)(F)F)cc1. The van der Waals surface area contributed by atoms with Gasteiger partial charge in [0.25, 0.3) is 11.6 Å². The van der Waals surface area contributed by atoms with Crippen LogP contribution < -0.4 is 4.74 Å². The van der Waals surface area contributed by atoms with Crippen molar-refractivity contribution >= 4 is 11.6 Å². The quantitative estimate of drug-likeness (QED) is 0.872. The van der Waals surface area contributed by atoms with Crippen molar-refractivity contribution in [1.82, 2.24) is 5.01 Å². The van der Waals surface area contributed by atoms with E-state index in [9.17, 15) is 23.1 Å². The Morgan fingerprint density at radius 1 is 1.33 bits per heavy atom. The summed E-state index contributed by atoms with van der Waals surface area (Å²) in [6, 6.07) is 7.70. The lowest BCUT2D eigenvalue weighted by Crippen LogP contribution is -2.61. The van der Waals surface area contributed by atoms with Gasteiger partial charge < -0.3 is 9.84 Å². The van der Waals surface area contributed by atoms with Crippen LogP contribution in [0.3, 0.4) is 0 Å². The molecule has 9 heteroatoms. The molecular weight excluding hydrogens is 363 g/mol. The Balaban J connectivity index is 1.79. The van der Waals surface area contributed by atoms with Crippen LogP contribution in [0.25, 0.3) is 0 Å². The van der Waals surface area contributed by atoms with Crippen LogP contribution in [0.2, 0.25) is 0 Å². The van der Waals surface area contributed by atoms with Gasteiger partial charge in [0.2, 0.25) is 0 Å². The van der Waals surface area contributed by atoms with Gasteiger partial charge in [0.05, 0.1) is 17.6 Å². The Labute approximate surface area is 153 Å². The predicted molar refractivity (Wildman–Crippen MR) is 88.5 cm³/mol. The van der Waals surface area contributed by atoms with Gasteiger partial charge in [-0.15, -0.1) is 0 Å². The summed E-state index contributed by atoms with van der Waals surface area (Å²) in [5.41, 5.74) is -2.76. The molecular formula is C18H18F3N3O3. The third-order valence-electron chi connectivity index (χ3n) is 4.86. The molecule has 1 aliphatic heterocycles. The van der Waals surface area contributed by atoms with Crippen molar-refractivity contribution in [3.8, 4) is 11.8 Å². The molecule has 3 rings (SSSR count). The van der Waals surface area contributed by atoms with E-state index in [2.05, 4.69) is 5.10 Å². The minimum atomic E-state index is -5.04. The fourth-order valence-electron chi connectivity index (χ4n) is 3.47. The van der Waals surface area contributed by atoms with Crippen molar-refractivity contribution < 1.29 is 27.8 Å². The summed E-state index contributed by atoms with van der Waals surface area (Å²) in [6.07, 6.45) is -2.63. The number of amides is 1. The van der Waals surface area contributed by atoms with Gasteiger partial charge in [0.1, 0.15) is 5.75 Å². The van der Waals surface area contributed by atoms with E-state index < -0.39 is 30.3 Å². The topological polar surface area (TPSA) is 85.9 Å². The molecule has 6 nitrogen and oxygen atoms in total. The number of aliphatic hydroxyl groups is 1. The molecule has 0 unspecified atom stereocenters.